The zero-order chi connectivity index (χ0) is 15.4. The van der Waals surface area contributed by atoms with Crippen LogP contribution in [0.25, 0.3) is 0 Å². The SMILES string of the molecule is Cc1ncn(CCC(=O)Nc2ccc(N)cc2)c(=O)c1Br. The number of carbonyl (C=O) groups is 1. The number of aryl methyl sites for hydroxylation is 2. The van der Waals surface area contributed by atoms with Gasteiger partial charge in [0.15, 0.2) is 0 Å². The summed E-state index contributed by atoms with van der Waals surface area (Å²) in [6.07, 6.45) is 1.63. The third kappa shape index (κ3) is 3.91. The number of halogens is 1. The topological polar surface area (TPSA) is 90.0 Å². The van der Waals surface area contributed by atoms with Crippen LogP contribution in [0.5, 0.6) is 0 Å². The van der Waals surface area contributed by atoms with Crippen molar-refractivity contribution in [3.05, 3.63) is 51.1 Å². The van der Waals surface area contributed by atoms with Crippen LogP contribution in [0.3, 0.4) is 0 Å². The minimum Gasteiger partial charge on any atom is -0.399 e. The van der Waals surface area contributed by atoms with Gasteiger partial charge in [0, 0.05) is 24.3 Å². The summed E-state index contributed by atoms with van der Waals surface area (Å²) in [7, 11) is 0. The predicted octanol–water partition coefficient (Wildman–Crippen LogP) is 1.93. The van der Waals surface area contributed by atoms with Gasteiger partial charge in [-0.1, -0.05) is 0 Å². The summed E-state index contributed by atoms with van der Waals surface area (Å²) in [4.78, 5) is 27.9. The number of hydrogen-bond donors (Lipinski definition) is 2. The van der Waals surface area contributed by atoms with Gasteiger partial charge in [-0.05, 0) is 47.1 Å². The average molecular weight is 351 g/mol. The molecule has 0 fully saturated rings. The Morgan fingerprint density at radius 3 is 2.71 bits per heavy atom. The Bertz CT molecular complexity index is 710. The molecule has 1 aromatic heterocycles. The first-order valence-corrected chi connectivity index (χ1v) is 7.13. The van der Waals surface area contributed by atoms with Gasteiger partial charge in [0.2, 0.25) is 5.91 Å². The molecule has 7 heteroatoms. The van der Waals surface area contributed by atoms with E-state index >= 15 is 0 Å². The molecule has 1 amide bonds. The first kappa shape index (κ1) is 15.2. The fourth-order valence-corrected chi connectivity index (χ4v) is 2.05. The second-order valence-electron chi connectivity index (χ2n) is 4.56. The summed E-state index contributed by atoms with van der Waals surface area (Å²) >= 11 is 3.19. The molecule has 0 atom stereocenters. The van der Waals surface area contributed by atoms with Crippen molar-refractivity contribution in [2.75, 3.05) is 11.1 Å². The number of rotatable bonds is 4. The van der Waals surface area contributed by atoms with Crippen molar-refractivity contribution in [1.82, 2.24) is 9.55 Å². The number of benzene rings is 1. The lowest BCUT2D eigenvalue weighted by molar-refractivity contribution is -0.116. The minimum absolute atomic E-state index is 0.177. The van der Waals surface area contributed by atoms with E-state index in [4.69, 9.17) is 5.73 Å². The Balaban J connectivity index is 1.97. The fourth-order valence-electron chi connectivity index (χ4n) is 1.72. The van der Waals surface area contributed by atoms with Crippen LogP contribution in [-0.2, 0) is 11.3 Å². The van der Waals surface area contributed by atoms with Crippen LogP contribution in [0.15, 0.2) is 39.9 Å². The normalized spacial score (nSPS) is 10.4. The standard InChI is InChI=1S/C14H15BrN4O2/c1-9-13(15)14(21)19(8-17-9)7-6-12(20)18-11-4-2-10(16)3-5-11/h2-5,8H,6-7,16H2,1H3,(H,18,20). The molecule has 0 aliphatic rings. The molecule has 0 spiro atoms. The molecule has 3 N–H and O–H groups in total. The molecule has 2 aromatic rings. The first-order valence-electron chi connectivity index (χ1n) is 6.34. The molecule has 6 nitrogen and oxygen atoms in total. The Labute approximate surface area is 130 Å². The second kappa shape index (κ2) is 6.53. The molecular weight excluding hydrogens is 336 g/mol. The first-order chi connectivity index (χ1) is 9.97. The molecule has 1 heterocycles. The van der Waals surface area contributed by atoms with E-state index in [1.807, 2.05) is 0 Å². The molecule has 0 saturated heterocycles. The van der Waals surface area contributed by atoms with E-state index < -0.39 is 0 Å². The smallest absolute Gasteiger partial charge is 0.267 e. The Kier molecular flexibility index (Phi) is 4.74. The van der Waals surface area contributed by atoms with Crippen molar-refractivity contribution in [1.29, 1.82) is 0 Å². The molecule has 0 aliphatic heterocycles. The lowest BCUT2D eigenvalue weighted by atomic mass is 10.2. The summed E-state index contributed by atoms with van der Waals surface area (Å²) < 4.78 is 1.82. The van der Waals surface area contributed by atoms with Crippen LogP contribution >= 0.6 is 15.9 Å². The third-order valence-electron chi connectivity index (χ3n) is 2.93. The number of nitrogens with one attached hydrogen (secondary N) is 1. The highest BCUT2D eigenvalue weighted by Gasteiger charge is 2.08. The van der Waals surface area contributed by atoms with Crippen LogP contribution in [-0.4, -0.2) is 15.5 Å². The van der Waals surface area contributed by atoms with Gasteiger partial charge in [-0.15, -0.1) is 0 Å². The van der Waals surface area contributed by atoms with Crippen molar-refractivity contribution >= 4 is 33.2 Å². The lowest BCUT2D eigenvalue weighted by Gasteiger charge is -2.08. The van der Waals surface area contributed by atoms with E-state index in [1.54, 1.807) is 31.2 Å². The van der Waals surface area contributed by atoms with Gasteiger partial charge in [0.05, 0.1) is 12.0 Å². The van der Waals surface area contributed by atoms with Crippen molar-refractivity contribution in [3.63, 3.8) is 0 Å². The molecule has 0 unspecified atom stereocenters. The maximum absolute atomic E-state index is 11.9. The maximum Gasteiger partial charge on any atom is 0.267 e. The van der Waals surface area contributed by atoms with E-state index in [-0.39, 0.29) is 24.4 Å². The number of nitrogens with zero attached hydrogens (tertiary/aromatic N) is 2. The number of amides is 1. The van der Waals surface area contributed by atoms with Crippen molar-refractivity contribution < 1.29 is 4.79 Å². The quantitative estimate of drug-likeness (QED) is 0.824. The fraction of sp³-hybridized carbons (Fsp3) is 0.214. The molecule has 0 radical (unpaired) electrons. The van der Waals surface area contributed by atoms with Gasteiger partial charge in [-0.25, -0.2) is 4.98 Å². The van der Waals surface area contributed by atoms with Crippen LogP contribution in [0.4, 0.5) is 11.4 Å². The molecule has 21 heavy (non-hydrogen) atoms. The van der Waals surface area contributed by atoms with Crippen LogP contribution in [0.1, 0.15) is 12.1 Å². The largest absolute Gasteiger partial charge is 0.399 e. The van der Waals surface area contributed by atoms with Gasteiger partial charge >= 0.3 is 0 Å². The number of nitrogen functional groups attached to an aromatic ring is 1. The van der Waals surface area contributed by atoms with E-state index in [9.17, 15) is 9.59 Å². The highest BCUT2D eigenvalue weighted by molar-refractivity contribution is 9.10. The molecule has 2 rings (SSSR count). The van der Waals surface area contributed by atoms with Gasteiger partial charge < -0.3 is 11.1 Å². The zero-order valence-electron chi connectivity index (χ0n) is 11.5. The van der Waals surface area contributed by atoms with Crippen LogP contribution in [0.2, 0.25) is 0 Å². The van der Waals surface area contributed by atoms with Crippen molar-refractivity contribution in [3.8, 4) is 0 Å². The highest BCUT2D eigenvalue weighted by Crippen LogP contribution is 2.11. The summed E-state index contributed by atoms with van der Waals surface area (Å²) in [5.41, 5.74) is 7.31. The second-order valence-corrected chi connectivity index (χ2v) is 5.36. The molecule has 1 aromatic carbocycles. The van der Waals surface area contributed by atoms with E-state index in [1.165, 1.54) is 10.9 Å². The Morgan fingerprint density at radius 1 is 1.38 bits per heavy atom. The number of hydrogen-bond acceptors (Lipinski definition) is 4. The molecule has 0 aliphatic carbocycles. The maximum atomic E-state index is 11.9. The summed E-state index contributed by atoms with van der Waals surface area (Å²) in [6.45, 7) is 2.01. The van der Waals surface area contributed by atoms with E-state index in [0.717, 1.165) is 0 Å². The van der Waals surface area contributed by atoms with Crippen molar-refractivity contribution in [2.24, 2.45) is 0 Å². The van der Waals surface area contributed by atoms with Gasteiger partial charge in [-0.3, -0.25) is 14.2 Å². The van der Waals surface area contributed by atoms with Crippen LogP contribution in [0, 0.1) is 6.92 Å². The number of aromatic nitrogens is 2. The molecule has 110 valence electrons. The summed E-state index contributed by atoms with van der Waals surface area (Å²) in [6, 6.07) is 6.87. The van der Waals surface area contributed by atoms with Crippen molar-refractivity contribution in [2.45, 2.75) is 19.9 Å². The molecule has 0 bridgehead atoms. The minimum atomic E-state index is -0.192. The Hall–Kier alpha value is -2.15. The highest BCUT2D eigenvalue weighted by atomic mass is 79.9. The monoisotopic (exact) mass is 350 g/mol. The number of carbonyl (C=O) groups excluding carboxylic acids is 1. The van der Waals surface area contributed by atoms with Gasteiger partial charge in [0.25, 0.3) is 5.56 Å². The van der Waals surface area contributed by atoms with Crippen LogP contribution < -0.4 is 16.6 Å². The predicted molar refractivity (Wildman–Crippen MR) is 85.0 cm³/mol. The number of anilines is 2. The zero-order valence-corrected chi connectivity index (χ0v) is 13.1. The van der Waals surface area contributed by atoms with Gasteiger partial charge in [0.1, 0.15) is 4.47 Å². The Morgan fingerprint density at radius 2 is 2.05 bits per heavy atom. The third-order valence-corrected chi connectivity index (χ3v) is 3.84. The summed E-state index contributed by atoms with van der Waals surface area (Å²) in [5.74, 6) is -0.177. The van der Waals surface area contributed by atoms with E-state index in [0.29, 0.717) is 21.5 Å². The molecule has 0 saturated carbocycles. The molecular formula is C14H15BrN4O2. The number of nitrogens with two attached hydrogens (primary N) is 1. The van der Waals surface area contributed by atoms with Gasteiger partial charge in [-0.2, -0.15) is 0 Å². The average Bonchev–Trinajstić information content (AvgIpc) is 2.46. The van der Waals surface area contributed by atoms with E-state index in [2.05, 4.69) is 26.2 Å². The summed E-state index contributed by atoms with van der Waals surface area (Å²) in [5, 5.41) is 2.74. The lowest BCUT2D eigenvalue weighted by Crippen LogP contribution is -2.24.